The molecule has 0 unspecified atom stereocenters. The van der Waals surface area contributed by atoms with Gasteiger partial charge in [0.2, 0.25) is 0 Å². The van der Waals surface area contributed by atoms with Crippen molar-refractivity contribution in [3.05, 3.63) is 46.4 Å². The smallest absolute Gasteiger partial charge is 0.293 e. The van der Waals surface area contributed by atoms with Gasteiger partial charge in [-0.2, -0.15) is 0 Å². The van der Waals surface area contributed by atoms with E-state index in [9.17, 15) is 9.59 Å². The van der Waals surface area contributed by atoms with Crippen molar-refractivity contribution < 1.29 is 9.59 Å². The minimum atomic E-state index is -0.212. The van der Waals surface area contributed by atoms with Gasteiger partial charge in [0.05, 0.1) is 4.91 Å². The normalized spacial score (nSPS) is 15.9. The largest absolute Gasteiger partial charge is 0.329 e. The van der Waals surface area contributed by atoms with E-state index in [0.717, 1.165) is 31.0 Å². The van der Waals surface area contributed by atoms with E-state index in [4.69, 9.17) is 5.73 Å². The molecule has 2 rings (SSSR count). The number of aryl methyl sites for hydroxylation is 2. The first kappa shape index (κ1) is 21.7. The van der Waals surface area contributed by atoms with E-state index in [0.29, 0.717) is 18.0 Å². The fourth-order valence-corrected chi connectivity index (χ4v) is 4.08. The number of imide groups is 1. The van der Waals surface area contributed by atoms with Crippen molar-refractivity contribution in [2.45, 2.75) is 64.7 Å². The summed E-state index contributed by atoms with van der Waals surface area (Å²) in [4.78, 5) is 25.7. The number of amides is 2. The highest BCUT2D eigenvalue weighted by molar-refractivity contribution is 8.18. The first-order valence-corrected chi connectivity index (χ1v) is 11.0. The maximum absolute atomic E-state index is 12.1. The van der Waals surface area contributed by atoms with Crippen molar-refractivity contribution in [3.63, 3.8) is 0 Å². The summed E-state index contributed by atoms with van der Waals surface area (Å²) in [6.07, 6.45) is 12.6. The monoisotopic (exact) mass is 388 g/mol. The van der Waals surface area contributed by atoms with Crippen molar-refractivity contribution in [1.29, 1.82) is 0 Å². The molecule has 1 fully saturated rings. The molecule has 0 saturated carbocycles. The Balaban J connectivity index is 1.72. The van der Waals surface area contributed by atoms with E-state index in [2.05, 4.69) is 31.2 Å². The van der Waals surface area contributed by atoms with E-state index in [1.54, 1.807) is 0 Å². The Kier molecular flexibility index (Phi) is 9.64. The fourth-order valence-electron chi connectivity index (χ4n) is 3.21. The van der Waals surface area contributed by atoms with Gasteiger partial charge in [-0.25, -0.2) is 0 Å². The SMILES string of the molecule is CCCCCCCCc1ccc(CCC=C2SC(=O)N(CCN)C2=O)cc1. The van der Waals surface area contributed by atoms with Crippen molar-refractivity contribution in [1.82, 2.24) is 4.90 Å². The molecule has 1 heterocycles. The van der Waals surface area contributed by atoms with E-state index in [1.165, 1.54) is 54.6 Å². The van der Waals surface area contributed by atoms with Crippen LogP contribution in [0.2, 0.25) is 0 Å². The van der Waals surface area contributed by atoms with E-state index in [-0.39, 0.29) is 11.1 Å². The third-order valence-corrected chi connectivity index (χ3v) is 5.79. The van der Waals surface area contributed by atoms with Gasteiger partial charge in [0, 0.05) is 13.1 Å². The van der Waals surface area contributed by atoms with Crippen LogP contribution < -0.4 is 5.73 Å². The number of nitrogens with two attached hydrogens (primary N) is 1. The van der Waals surface area contributed by atoms with Gasteiger partial charge >= 0.3 is 0 Å². The highest BCUT2D eigenvalue weighted by atomic mass is 32.2. The molecule has 0 bridgehead atoms. The quantitative estimate of drug-likeness (QED) is 0.401. The molecule has 0 radical (unpaired) electrons. The summed E-state index contributed by atoms with van der Waals surface area (Å²) in [5.41, 5.74) is 8.11. The van der Waals surface area contributed by atoms with Gasteiger partial charge in [0.1, 0.15) is 0 Å². The van der Waals surface area contributed by atoms with Crippen molar-refractivity contribution in [3.8, 4) is 0 Å². The number of nitrogens with zero attached hydrogens (tertiary/aromatic N) is 1. The van der Waals surface area contributed by atoms with Crippen LogP contribution >= 0.6 is 11.8 Å². The lowest BCUT2D eigenvalue weighted by Gasteiger charge is -2.09. The number of benzene rings is 1. The lowest BCUT2D eigenvalue weighted by atomic mass is 10.0. The fraction of sp³-hybridized carbons (Fsp3) is 0.545. The molecule has 1 aliphatic heterocycles. The van der Waals surface area contributed by atoms with Gasteiger partial charge in [-0.05, 0) is 48.6 Å². The molecule has 1 aromatic rings. The molecule has 4 nitrogen and oxygen atoms in total. The average molecular weight is 389 g/mol. The number of allylic oxidation sites excluding steroid dienone is 1. The number of rotatable bonds is 12. The molecule has 1 saturated heterocycles. The summed E-state index contributed by atoms with van der Waals surface area (Å²) in [7, 11) is 0. The molecule has 1 aliphatic rings. The number of hydrogen-bond donors (Lipinski definition) is 1. The predicted molar refractivity (Wildman–Crippen MR) is 114 cm³/mol. The van der Waals surface area contributed by atoms with Crippen LogP contribution in [0, 0.1) is 0 Å². The Labute approximate surface area is 167 Å². The summed E-state index contributed by atoms with van der Waals surface area (Å²) in [5.74, 6) is -0.204. The maximum atomic E-state index is 12.1. The Bertz CT molecular complexity index is 640. The zero-order valence-corrected chi connectivity index (χ0v) is 17.2. The van der Waals surface area contributed by atoms with Gasteiger partial charge in [0.15, 0.2) is 0 Å². The molecule has 0 aliphatic carbocycles. The number of thioether (sulfide) groups is 1. The molecule has 5 heteroatoms. The standard InChI is InChI=1S/C22H32N2O2S/c1-2-3-4-5-6-7-9-18-12-14-19(15-13-18)10-8-11-20-21(25)24(17-16-23)22(26)27-20/h11-15H,2-10,16-17,23H2,1H3. The topological polar surface area (TPSA) is 63.4 Å². The Morgan fingerprint density at radius 1 is 0.963 bits per heavy atom. The highest BCUT2D eigenvalue weighted by Gasteiger charge is 2.33. The van der Waals surface area contributed by atoms with Gasteiger partial charge in [-0.1, -0.05) is 69.4 Å². The summed E-state index contributed by atoms with van der Waals surface area (Å²) in [6, 6.07) is 8.80. The Hall–Kier alpha value is -1.59. The molecule has 0 atom stereocenters. The van der Waals surface area contributed by atoms with Gasteiger partial charge in [-0.15, -0.1) is 0 Å². The molecule has 1 aromatic carbocycles. The summed E-state index contributed by atoms with van der Waals surface area (Å²) < 4.78 is 0. The molecule has 148 valence electrons. The van der Waals surface area contributed by atoms with Crippen LogP contribution in [0.5, 0.6) is 0 Å². The van der Waals surface area contributed by atoms with Crippen molar-refractivity contribution in [2.75, 3.05) is 13.1 Å². The summed E-state index contributed by atoms with van der Waals surface area (Å²) in [5, 5.41) is -0.212. The van der Waals surface area contributed by atoms with Crippen LogP contribution in [-0.2, 0) is 17.6 Å². The van der Waals surface area contributed by atoms with Gasteiger partial charge in [0.25, 0.3) is 11.1 Å². The molecular formula is C22H32N2O2S. The predicted octanol–water partition coefficient (Wildman–Crippen LogP) is 5.06. The molecule has 2 amide bonds. The van der Waals surface area contributed by atoms with Crippen LogP contribution in [0.3, 0.4) is 0 Å². The first-order valence-electron chi connectivity index (χ1n) is 10.2. The number of unbranched alkanes of at least 4 members (excludes halogenated alkanes) is 5. The third-order valence-electron chi connectivity index (χ3n) is 4.83. The Morgan fingerprint density at radius 3 is 2.26 bits per heavy atom. The first-order chi connectivity index (χ1) is 13.2. The highest BCUT2D eigenvalue weighted by Crippen LogP contribution is 2.30. The number of carbonyl (C=O) groups is 2. The zero-order valence-electron chi connectivity index (χ0n) is 16.4. The average Bonchev–Trinajstić information content (AvgIpc) is 2.94. The Morgan fingerprint density at radius 2 is 1.59 bits per heavy atom. The van der Waals surface area contributed by atoms with Crippen molar-refractivity contribution in [2.24, 2.45) is 5.73 Å². The third kappa shape index (κ3) is 7.15. The minimum absolute atomic E-state index is 0.204. The summed E-state index contributed by atoms with van der Waals surface area (Å²) >= 11 is 1.02. The lowest BCUT2D eigenvalue weighted by Crippen LogP contribution is -2.33. The lowest BCUT2D eigenvalue weighted by molar-refractivity contribution is -0.122. The number of hydrogen-bond acceptors (Lipinski definition) is 4. The molecule has 27 heavy (non-hydrogen) atoms. The van der Waals surface area contributed by atoms with E-state index < -0.39 is 0 Å². The van der Waals surface area contributed by atoms with Gasteiger partial charge in [-0.3, -0.25) is 14.5 Å². The molecular weight excluding hydrogens is 356 g/mol. The second-order valence-corrected chi connectivity index (χ2v) is 8.05. The van der Waals surface area contributed by atoms with Gasteiger partial charge < -0.3 is 5.73 Å². The van der Waals surface area contributed by atoms with Crippen LogP contribution in [0.25, 0.3) is 0 Å². The van der Waals surface area contributed by atoms with Crippen molar-refractivity contribution >= 4 is 22.9 Å². The van der Waals surface area contributed by atoms with E-state index >= 15 is 0 Å². The molecule has 0 spiro atoms. The van der Waals surface area contributed by atoms with Crippen LogP contribution in [0.1, 0.15) is 63.0 Å². The van der Waals surface area contributed by atoms with Crippen LogP contribution in [0.15, 0.2) is 35.2 Å². The maximum Gasteiger partial charge on any atom is 0.293 e. The zero-order chi connectivity index (χ0) is 19.5. The van der Waals surface area contributed by atoms with Crippen LogP contribution in [-0.4, -0.2) is 29.1 Å². The second-order valence-electron chi connectivity index (χ2n) is 7.05. The molecule has 2 N–H and O–H groups in total. The van der Waals surface area contributed by atoms with E-state index in [1.807, 2.05) is 6.08 Å². The summed E-state index contributed by atoms with van der Waals surface area (Å²) in [6.45, 7) is 2.84. The molecule has 0 aromatic heterocycles. The second kappa shape index (κ2) is 12.0. The van der Waals surface area contributed by atoms with Crippen LogP contribution in [0.4, 0.5) is 4.79 Å². The number of carbonyl (C=O) groups excluding carboxylic acids is 2. The minimum Gasteiger partial charge on any atom is -0.329 e.